The van der Waals surface area contributed by atoms with Crippen LogP contribution in [0.3, 0.4) is 0 Å². The standard InChI is InChI=1S/C8H17AsO5/c1-9(2,12)4-5-6(10)7(11)8(13-3)14-5/h5-8,10-11H,4H2,1-3H3/t5-,6-,7-,8-/m1/s1. The quantitative estimate of drug-likeness (QED) is 0.688. The van der Waals surface area contributed by atoms with Crippen LogP contribution in [0.25, 0.3) is 0 Å². The van der Waals surface area contributed by atoms with Gasteiger partial charge in [-0.15, -0.1) is 0 Å². The fraction of sp³-hybridized carbons (Fsp3) is 1.00. The maximum atomic E-state index is 11.6. The van der Waals surface area contributed by atoms with Gasteiger partial charge < -0.3 is 0 Å². The van der Waals surface area contributed by atoms with Crippen LogP contribution in [0.2, 0.25) is 16.6 Å². The summed E-state index contributed by atoms with van der Waals surface area (Å²) in [5.74, 6) is 0. The fourth-order valence-corrected chi connectivity index (χ4v) is 3.95. The van der Waals surface area contributed by atoms with Crippen LogP contribution in [0.1, 0.15) is 0 Å². The molecule has 6 heteroatoms. The molecule has 84 valence electrons. The van der Waals surface area contributed by atoms with Crippen molar-refractivity contribution in [2.45, 2.75) is 41.2 Å². The molecule has 0 amide bonds. The first kappa shape index (κ1) is 12.3. The predicted octanol–water partition coefficient (Wildman–Crippen LogP) is -0.285. The van der Waals surface area contributed by atoms with Crippen LogP contribution in [0.4, 0.5) is 0 Å². The summed E-state index contributed by atoms with van der Waals surface area (Å²) in [7, 11) is 1.39. The van der Waals surface area contributed by atoms with Crippen LogP contribution < -0.4 is 0 Å². The molecule has 0 aromatic heterocycles. The summed E-state index contributed by atoms with van der Waals surface area (Å²) in [6, 6.07) is 0. The molecule has 1 fully saturated rings. The molecule has 0 aromatic rings. The van der Waals surface area contributed by atoms with Gasteiger partial charge in [0.1, 0.15) is 0 Å². The van der Waals surface area contributed by atoms with Gasteiger partial charge in [0.2, 0.25) is 0 Å². The molecule has 0 spiro atoms. The monoisotopic (exact) mass is 268 g/mol. The number of methoxy groups -OCH3 is 1. The van der Waals surface area contributed by atoms with Crippen LogP contribution in [0.5, 0.6) is 0 Å². The second-order valence-electron chi connectivity index (χ2n) is 4.02. The van der Waals surface area contributed by atoms with Crippen LogP contribution in [0, 0.1) is 0 Å². The Balaban J connectivity index is 2.61. The molecular weight excluding hydrogens is 251 g/mol. The van der Waals surface area contributed by atoms with Gasteiger partial charge in [-0.05, 0) is 0 Å². The van der Waals surface area contributed by atoms with Gasteiger partial charge in [-0.3, -0.25) is 0 Å². The molecule has 0 unspecified atom stereocenters. The van der Waals surface area contributed by atoms with Crippen LogP contribution in [-0.4, -0.2) is 55.4 Å². The summed E-state index contributed by atoms with van der Waals surface area (Å²) in [5.41, 5.74) is 3.36. The maximum absolute atomic E-state index is 11.6. The third-order valence-electron chi connectivity index (χ3n) is 2.17. The van der Waals surface area contributed by atoms with Crippen molar-refractivity contribution < 1.29 is 23.4 Å². The third kappa shape index (κ3) is 2.84. The molecule has 1 aliphatic rings. The zero-order valence-electron chi connectivity index (χ0n) is 8.58. The zero-order valence-corrected chi connectivity index (χ0v) is 10.5. The van der Waals surface area contributed by atoms with E-state index in [4.69, 9.17) is 9.47 Å². The second kappa shape index (κ2) is 4.37. The van der Waals surface area contributed by atoms with Crippen molar-refractivity contribution in [3.8, 4) is 0 Å². The first-order chi connectivity index (χ1) is 6.35. The summed E-state index contributed by atoms with van der Waals surface area (Å²) in [5, 5.41) is 19.3. The van der Waals surface area contributed by atoms with Gasteiger partial charge in [-0.2, -0.15) is 0 Å². The third-order valence-corrected chi connectivity index (χ3v) is 4.77. The van der Waals surface area contributed by atoms with E-state index in [9.17, 15) is 14.0 Å². The van der Waals surface area contributed by atoms with Crippen LogP contribution in [0.15, 0.2) is 0 Å². The molecule has 5 nitrogen and oxygen atoms in total. The summed E-state index contributed by atoms with van der Waals surface area (Å²) in [4.78, 5) is 0. The first-order valence-corrected chi connectivity index (χ1v) is 10.3. The van der Waals surface area contributed by atoms with E-state index >= 15 is 0 Å². The fourth-order valence-electron chi connectivity index (χ4n) is 1.49. The molecule has 0 aromatic carbocycles. The number of rotatable bonds is 3. The van der Waals surface area contributed by atoms with E-state index in [2.05, 4.69) is 0 Å². The molecule has 1 saturated heterocycles. The minimum atomic E-state index is -2.86. The molecule has 0 aliphatic carbocycles. The van der Waals surface area contributed by atoms with E-state index in [1.165, 1.54) is 7.11 Å². The van der Waals surface area contributed by atoms with Gasteiger partial charge in [-0.25, -0.2) is 0 Å². The zero-order chi connectivity index (χ0) is 10.9. The Morgan fingerprint density at radius 2 is 1.93 bits per heavy atom. The van der Waals surface area contributed by atoms with Crippen molar-refractivity contribution in [1.82, 2.24) is 0 Å². The molecular formula is C8H17AsO5. The molecule has 1 aliphatic heterocycles. The van der Waals surface area contributed by atoms with Crippen LogP contribution >= 0.6 is 0 Å². The van der Waals surface area contributed by atoms with E-state index in [0.29, 0.717) is 5.21 Å². The normalized spacial score (nSPS) is 38.9. The van der Waals surface area contributed by atoms with Crippen molar-refractivity contribution in [2.75, 3.05) is 7.11 Å². The van der Waals surface area contributed by atoms with E-state index in [-0.39, 0.29) is 0 Å². The van der Waals surface area contributed by atoms with Gasteiger partial charge in [0.15, 0.2) is 0 Å². The number of hydrogen-bond acceptors (Lipinski definition) is 5. The topological polar surface area (TPSA) is 76.0 Å². The molecule has 0 radical (unpaired) electrons. The van der Waals surface area contributed by atoms with Gasteiger partial charge in [0.25, 0.3) is 0 Å². The molecule has 2 N–H and O–H groups in total. The molecule has 0 bridgehead atoms. The van der Waals surface area contributed by atoms with Crippen molar-refractivity contribution in [2.24, 2.45) is 0 Å². The Hall–Kier alpha value is 0.198. The SMILES string of the molecule is CO[C@@H]1O[C@H](C[As](C)(C)=O)[C@@H](O)[C@H]1O. The van der Waals surface area contributed by atoms with Gasteiger partial charge in [0, 0.05) is 0 Å². The van der Waals surface area contributed by atoms with E-state index < -0.39 is 38.1 Å². The minimum absolute atomic E-state index is 0.316. The Kier molecular flexibility index (Phi) is 3.83. The average Bonchev–Trinajstić information content (AvgIpc) is 2.30. The van der Waals surface area contributed by atoms with Crippen molar-refractivity contribution in [3.63, 3.8) is 0 Å². The molecule has 1 rings (SSSR count). The number of ether oxygens (including phenoxy) is 2. The van der Waals surface area contributed by atoms with Gasteiger partial charge >= 0.3 is 85.3 Å². The summed E-state index contributed by atoms with van der Waals surface area (Å²) in [6.07, 6.45) is -3.44. The van der Waals surface area contributed by atoms with E-state index in [1.54, 1.807) is 11.4 Å². The average molecular weight is 268 g/mol. The first-order valence-electron chi connectivity index (χ1n) is 4.43. The Bertz CT molecular complexity index is 238. The Labute approximate surface area is 85.7 Å². The number of hydrogen-bond donors (Lipinski definition) is 2. The summed E-state index contributed by atoms with van der Waals surface area (Å²) >= 11 is -2.86. The molecule has 14 heavy (non-hydrogen) atoms. The van der Waals surface area contributed by atoms with E-state index in [1.807, 2.05) is 0 Å². The predicted molar refractivity (Wildman–Crippen MR) is 50.7 cm³/mol. The number of aliphatic hydroxyl groups excluding tert-OH is 2. The van der Waals surface area contributed by atoms with Crippen molar-refractivity contribution in [3.05, 3.63) is 0 Å². The van der Waals surface area contributed by atoms with Crippen molar-refractivity contribution in [1.29, 1.82) is 0 Å². The number of aliphatic hydroxyl groups is 2. The summed E-state index contributed by atoms with van der Waals surface area (Å²) < 4.78 is 21.6. The van der Waals surface area contributed by atoms with Crippen molar-refractivity contribution >= 4 is 13.5 Å². The Morgan fingerprint density at radius 3 is 2.29 bits per heavy atom. The van der Waals surface area contributed by atoms with Gasteiger partial charge in [0.05, 0.1) is 0 Å². The Morgan fingerprint density at radius 1 is 1.36 bits per heavy atom. The second-order valence-corrected chi connectivity index (χ2v) is 11.4. The van der Waals surface area contributed by atoms with Crippen LogP contribution in [-0.2, 0) is 13.2 Å². The molecule has 1 heterocycles. The molecule has 0 saturated carbocycles. The van der Waals surface area contributed by atoms with E-state index in [0.717, 1.165) is 0 Å². The van der Waals surface area contributed by atoms with Gasteiger partial charge in [-0.1, -0.05) is 0 Å². The molecule has 4 atom stereocenters. The summed E-state index contributed by atoms with van der Waals surface area (Å²) in [6.45, 7) is 0.